The highest BCUT2D eigenvalue weighted by molar-refractivity contribution is 7.57. The van der Waals surface area contributed by atoms with Crippen molar-refractivity contribution in [3.8, 4) is 0 Å². The van der Waals surface area contributed by atoms with Crippen LogP contribution in [-0.4, -0.2) is 106 Å². The smallest absolute Gasteiger partial charge is 0.137 e. The van der Waals surface area contributed by atoms with Crippen LogP contribution in [-0.2, 0) is 13.1 Å². The molecule has 6 nitrogen and oxygen atoms in total. The van der Waals surface area contributed by atoms with Gasteiger partial charge in [-0.15, -0.1) is 0 Å². The molecule has 0 N–H and O–H groups in total. The number of quaternary nitrogens is 2. The zero-order chi connectivity index (χ0) is 18.3. The summed E-state index contributed by atoms with van der Waals surface area (Å²) in [5.74, 6) is 0. The molecule has 0 spiro atoms. The fourth-order valence-corrected chi connectivity index (χ4v) is 12.9. The fraction of sp³-hybridized carbons (Fsp3) is 0.700. The van der Waals surface area contributed by atoms with E-state index in [4.69, 9.17) is 0 Å². The molecule has 9 rings (SSSR count). The molecule has 1 aromatic carbocycles. The van der Waals surface area contributed by atoms with Crippen LogP contribution < -0.4 is 0 Å². The highest BCUT2D eigenvalue weighted by Crippen LogP contribution is 2.52. The van der Waals surface area contributed by atoms with Crippen LogP contribution in [0.4, 0.5) is 0 Å². The first-order chi connectivity index (χ1) is 13.6. The molecule has 0 saturated carbocycles. The topological polar surface area (TPSA) is 13.0 Å². The second-order valence-corrected chi connectivity index (χ2v) is 14.9. The lowest BCUT2D eigenvalue weighted by Gasteiger charge is -2.60. The van der Waals surface area contributed by atoms with Crippen LogP contribution in [0.2, 0.25) is 0 Å². The number of hydrogen-bond donors (Lipinski definition) is 0. The lowest BCUT2D eigenvalue weighted by molar-refractivity contribution is -0.960. The summed E-state index contributed by atoms with van der Waals surface area (Å²) in [4.78, 5) is 10.9. The number of hydrogen-bond acceptors (Lipinski definition) is 4. The third-order valence-corrected chi connectivity index (χ3v) is 12.7. The number of benzene rings is 1. The van der Waals surface area contributed by atoms with Crippen molar-refractivity contribution in [3.63, 3.8) is 0 Å². The van der Waals surface area contributed by atoms with E-state index in [0.29, 0.717) is 0 Å². The predicted molar refractivity (Wildman–Crippen MR) is 114 cm³/mol. The van der Waals surface area contributed by atoms with Crippen LogP contribution in [0.15, 0.2) is 24.3 Å². The van der Waals surface area contributed by atoms with Crippen LogP contribution in [0.25, 0.3) is 0 Å². The Kier molecular flexibility index (Phi) is 3.87. The van der Waals surface area contributed by atoms with Crippen molar-refractivity contribution < 1.29 is 8.97 Å². The lowest BCUT2D eigenvalue weighted by atomic mass is 10.1. The van der Waals surface area contributed by atoms with Gasteiger partial charge in [-0.2, -0.15) is 0 Å². The number of nitrogens with zero attached hydrogens (tertiary/aromatic N) is 6. The van der Waals surface area contributed by atoms with Gasteiger partial charge in [-0.05, 0) is 15.8 Å². The Morgan fingerprint density at radius 1 is 0.607 bits per heavy atom. The van der Waals surface area contributed by atoms with E-state index < -0.39 is 0 Å². The van der Waals surface area contributed by atoms with E-state index in [0.717, 1.165) is 0 Å². The van der Waals surface area contributed by atoms with Gasteiger partial charge in [0.25, 0.3) is 0 Å². The summed E-state index contributed by atoms with van der Waals surface area (Å²) in [7, 11) is 0.465. The minimum Gasteiger partial charge on any atom is -0.291 e. The third-order valence-electron chi connectivity index (χ3n) is 7.46. The Balaban J connectivity index is 1.07. The molecule has 8 aliphatic heterocycles. The minimum atomic E-state index is 0.232. The van der Waals surface area contributed by atoms with Crippen molar-refractivity contribution in [3.05, 3.63) is 35.4 Å². The van der Waals surface area contributed by atoms with Crippen LogP contribution in [0.5, 0.6) is 0 Å². The standard InChI is InChI=1S/C20H32N6P2/c1-2-20(6-26-11-23-8-24(12-26)16-28(15-23)18-26)4-3-19(1)5-25-9-21-7-22(10-25)14-27(13-21)17-25/h1-4H,5-18H2/q+2. The summed E-state index contributed by atoms with van der Waals surface area (Å²) >= 11 is 0. The average Bonchev–Trinajstić information content (AvgIpc) is 2.60. The molecule has 8 heteroatoms. The maximum absolute atomic E-state index is 2.72. The summed E-state index contributed by atoms with van der Waals surface area (Å²) in [6.07, 6.45) is 8.53. The van der Waals surface area contributed by atoms with E-state index in [9.17, 15) is 0 Å². The molecule has 150 valence electrons. The van der Waals surface area contributed by atoms with Crippen molar-refractivity contribution in [2.24, 2.45) is 0 Å². The molecule has 0 radical (unpaired) electrons. The molecule has 8 saturated heterocycles. The summed E-state index contributed by atoms with van der Waals surface area (Å²) in [6, 6.07) is 9.84. The Morgan fingerprint density at radius 2 is 0.964 bits per heavy atom. The molecule has 0 aromatic heterocycles. The van der Waals surface area contributed by atoms with Crippen LogP contribution >= 0.6 is 15.8 Å². The first-order valence-electron chi connectivity index (χ1n) is 10.8. The Bertz CT molecular complexity index is 648. The molecule has 1 aromatic rings. The molecule has 4 atom stereocenters. The molecule has 8 fully saturated rings. The van der Waals surface area contributed by atoms with E-state index >= 15 is 0 Å². The van der Waals surface area contributed by atoms with Crippen molar-refractivity contribution in [2.45, 2.75) is 13.1 Å². The average molecular weight is 418 g/mol. The molecule has 8 heterocycles. The summed E-state index contributed by atoms with van der Waals surface area (Å²) < 4.78 is 2.61. The van der Waals surface area contributed by atoms with Gasteiger partial charge in [-0.25, -0.2) is 19.6 Å². The van der Waals surface area contributed by atoms with Gasteiger partial charge in [0, 0.05) is 36.3 Å². The van der Waals surface area contributed by atoms with E-state index in [1.54, 1.807) is 11.1 Å². The molecular formula is C20H32N6P2+2. The maximum atomic E-state index is 2.72. The normalized spacial score (nSPS) is 50.4. The zero-order valence-electron chi connectivity index (χ0n) is 16.8. The molecule has 0 amide bonds. The predicted octanol–water partition coefficient (Wildman–Crippen LogP) is 2.06. The molecule has 28 heavy (non-hydrogen) atoms. The van der Waals surface area contributed by atoms with Crippen LogP contribution in [0.1, 0.15) is 11.1 Å². The van der Waals surface area contributed by atoms with Gasteiger partial charge in [0.1, 0.15) is 52.3 Å². The molecule has 4 unspecified atom stereocenters. The van der Waals surface area contributed by atoms with Gasteiger partial charge in [0.15, 0.2) is 0 Å². The van der Waals surface area contributed by atoms with Gasteiger partial charge in [-0.1, -0.05) is 24.3 Å². The van der Waals surface area contributed by atoms with Gasteiger partial charge >= 0.3 is 0 Å². The Morgan fingerprint density at radius 3 is 1.29 bits per heavy atom. The van der Waals surface area contributed by atoms with E-state index in [1.165, 1.54) is 99.8 Å². The molecule has 8 bridgehead atoms. The molecule has 8 aliphatic rings. The van der Waals surface area contributed by atoms with E-state index in [2.05, 4.69) is 43.9 Å². The monoisotopic (exact) mass is 418 g/mol. The lowest BCUT2D eigenvalue weighted by Crippen LogP contribution is -2.71. The molecule has 0 aliphatic carbocycles. The zero-order valence-corrected chi connectivity index (χ0v) is 18.6. The van der Waals surface area contributed by atoms with Crippen molar-refractivity contribution in [1.82, 2.24) is 19.6 Å². The summed E-state index contributed by atoms with van der Waals surface area (Å²) in [5.41, 5.74) is 3.11. The van der Waals surface area contributed by atoms with E-state index in [1.807, 2.05) is 0 Å². The number of rotatable bonds is 4. The highest BCUT2D eigenvalue weighted by atomic mass is 31.1. The van der Waals surface area contributed by atoms with Gasteiger partial charge in [0.05, 0.1) is 13.3 Å². The SMILES string of the molecule is c1cc(C[N+]23CN4CN(CP(C4)C2)C3)ccc1C[N+]12CN3CN(CP(C3)C1)C2. The van der Waals surface area contributed by atoms with Crippen molar-refractivity contribution >= 4 is 15.8 Å². The van der Waals surface area contributed by atoms with Crippen molar-refractivity contribution in [1.29, 1.82) is 0 Å². The van der Waals surface area contributed by atoms with Gasteiger partial charge in [0.2, 0.25) is 0 Å². The second kappa shape index (κ2) is 6.18. The summed E-state index contributed by atoms with van der Waals surface area (Å²) in [5, 5.41) is 0. The van der Waals surface area contributed by atoms with Gasteiger partial charge < -0.3 is 0 Å². The molecular weight excluding hydrogens is 386 g/mol. The van der Waals surface area contributed by atoms with Gasteiger partial charge in [-0.3, -0.25) is 8.97 Å². The largest absolute Gasteiger partial charge is 0.291 e. The van der Waals surface area contributed by atoms with Crippen LogP contribution in [0, 0.1) is 0 Å². The third kappa shape index (κ3) is 2.92. The minimum absolute atomic E-state index is 0.232. The quantitative estimate of drug-likeness (QED) is 0.548. The first-order valence-corrected chi connectivity index (χ1v) is 14.5. The fourth-order valence-electron chi connectivity index (χ4n) is 7.14. The Labute approximate surface area is 170 Å². The first kappa shape index (κ1) is 17.5. The maximum Gasteiger partial charge on any atom is 0.137 e. The summed E-state index contributed by atoms with van der Waals surface area (Å²) in [6.45, 7) is 10.1. The highest BCUT2D eigenvalue weighted by Gasteiger charge is 2.50. The van der Waals surface area contributed by atoms with Crippen LogP contribution in [0.3, 0.4) is 0 Å². The Hall–Kier alpha value is -0.160. The second-order valence-electron chi connectivity index (χ2n) is 10.5. The van der Waals surface area contributed by atoms with E-state index in [-0.39, 0.29) is 15.8 Å². The van der Waals surface area contributed by atoms with Crippen molar-refractivity contribution in [2.75, 3.05) is 77.7 Å².